The van der Waals surface area contributed by atoms with Gasteiger partial charge in [-0.15, -0.1) is 0 Å². The molecule has 178 valence electrons. The number of piperazine rings is 1. The second-order valence-corrected chi connectivity index (χ2v) is 10.2. The predicted molar refractivity (Wildman–Crippen MR) is 135 cm³/mol. The fourth-order valence-corrected chi connectivity index (χ4v) is 4.33. The van der Waals surface area contributed by atoms with Crippen LogP contribution in [0, 0.1) is 11.3 Å². The first-order valence-corrected chi connectivity index (χ1v) is 12.0. The molecule has 2 aliphatic rings. The molecule has 1 aromatic carbocycles. The monoisotopic (exact) mass is 451 g/mol. The number of nitrogens with zero attached hydrogens (tertiary/aromatic N) is 3. The lowest BCUT2D eigenvalue weighted by Gasteiger charge is -2.37. The van der Waals surface area contributed by atoms with Crippen LogP contribution in [0.15, 0.2) is 36.4 Å². The van der Waals surface area contributed by atoms with Crippen molar-refractivity contribution in [2.75, 3.05) is 68.5 Å². The van der Waals surface area contributed by atoms with Gasteiger partial charge in [0.05, 0.1) is 23.9 Å². The van der Waals surface area contributed by atoms with Crippen LogP contribution in [0.5, 0.6) is 0 Å². The Morgan fingerprint density at radius 1 is 1.09 bits per heavy atom. The van der Waals surface area contributed by atoms with Gasteiger partial charge < -0.3 is 25.2 Å². The molecule has 1 atom stereocenters. The summed E-state index contributed by atoms with van der Waals surface area (Å²) in [7, 11) is 1.90. The van der Waals surface area contributed by atoms with E-state index < -0.39 is 0 Å². The lowest BCUT2D eigenvalue weighted by Crippen LogP contribution is -2.50. The molecule has 2 fully saturated rings. The van der Waals surface area contributed by atoms with Crippen LogP contribution in [0.4, 0.5) is 17.2 Å². The maximum Gasteiger partial charge on any atom is 0.228 e. The molecular weight excluding hydrogens is 414 g/mol. The summed E-state index contributed by atoms with van der Waals surface area (Å²) in [4.78, 5) is 21.8. The zero-order valence-corrected chi connectivity index (χ0v) is 20.4. The van der Waals surface area contributed by atoms with Crippen LogP contribution in [-0.4, -0.2) is 68.8 Å². The summed E-state index contributed by atoms with van der Waals surface area (Å²) < 4.78 is 5.38. The van der Waals surface area contributed by atoms with E-state index >= 15 is 0 Å². The van der Waals surface area contributed by atoms with Gasteiger partial charge in [0.2, 0.25) is 5.91 Å². The highest BCUT2D eigenvalue weighted by Crippen LogP contribution is 2.28. The number of carbonyl (C=O) groups is 1. The summed E-state index contributed by atoms with van der Waals surface area (Å²) in [5, 5.41) is 6.71. The fraction of sp³-hybridized carbons (Fsp3) is 0.538. The Labute approximate surface area is 197 Å². The summed E-state index contributed by atoms with van der Waals surface area (Å²) in [6.07, 6.45) is 0.859. The van der Waals surface area contributed by atoms with Crippen molar-refractivity contribution in [3.05, 3.63) is 36.4 Å². The molecule has 3 heterocycles. The molecule has 0 saturated carbocycles. The average Bonchev–Trinajstić information content (AvgIpc) is 3.37. The number of hydrogen-bond donors (Lipinski definition) is 2. The zero-order valence-electron chi connectivity index (χ0n) is 20.4. The topological polar surface area (TPSA) is 69.7 Å². The first-order valence-electron chi connectivity index (χ1n) is 12.0. The Bertz CT molecular complexity index is 940. The molecule has 0 radical (unpaired) electrons. The number of ether oxygens (including phenoxy) is 1. The molecule has 33 heavy (non-hydrogen) atoms. The van der Waals surface area contributed by atoms with Gasteiger partial charge in [-0.2, -0.15) is 0 Å². The van der Waals surface area contributed by atoms with Crippen LogP contribution >= 0.6 is 0 Å². The highest BCUT2D eigenvalue weighted by molar-refractivity contribution is 5.79. The number of aromatic nitrogens is 1. The third-order valence-corrected chi connectivity index (χ3v) is 6.34. The fourth-order valence-electron chi connectivity index (χ4n) is 4.33. The van der Waals surface area contributed by atoms with E-state index in [1.165, 1.54) is 5.69 Å². The number of nitrogens with one attached hydrogen (secondary N) is 2. The van der Waals surface area contributed by atoms with Gasteiger partial charge in [-0.3, -0.25) is 4.79 Å². The Morgan fingerprint density at radius 2 is 1.82 bits per heavy atom. The molecule has 4 rings (SSSR count). The quantitative estimate of drug-likeness (QED) is 0.694. The van der Waals surface area contributed by atoms with Crippen molar-refractivity contribution in [1.82, 2.24) is 9.88 Å². The Hall–Kier alpha value is -2.80. The van der Waals surface area contributed by atoms with Gasteiger partial charge in [0, 0.05) is 57.6 Å². The largest absolute Gasteiger partial charge is 0.382 e. The van der Waals surface area contributed by atoms with Crippen LogP contribution in [0.3, 0.4) is 0 Å². The molecule has 0 aliphatic carbocycles. The summed E-state index contributed by atoms with van der Waals surface area (Å²) in [6, 6.07) is 12.7. The predicted octanol–water partition coefficient (Wildman–Crippen LogP) is 3.93. The number of hydrogen-bond acceptors (Lipinski definition) is 6. The molecule has 0 spiro atoms. The van der Waals surface area contributed by atoms with Gasteiger partial charge in [0.25, 0.3) is 0 Å². The van der Waals surface area contributed by atoms with Crippen molar-refractivity contribution in [3.63, 3.8) is 0 Å². The summed E-state index contributed by atoms with van der Waals surface area (Å²) >= 11 is 0. The molecule has 7 nitrogen and oxygen atoms in total. The van der Waals surface area contributed by atoms with Gasteiger partial charge in [-0.05, 0) is 36.1 Å². The van der Waals surface area contributed by atoms with Crippen LogP contribution in [0.1, 0.15) is 27.2 Å². The number of rotatable bonds is 6. The number of carbonyl (C=O) groups excluding carboxylic acids is 1. The molecule has 1 aromatic heterocycles. The molecule has 2 aliphatic heterocycles. The minimum atomic E-state index is 0.0564. The van der Waals surface area contributed by atoms with E-state index in [0.717, 1.165) is 61.9 Å². The number of pyridine rings is 1. The van der Waals surface area contributed by atoms with Crippen LogP contribution in [-0.2, 0) is 9.53 Å². The Morgan fingerprint density at radius 3 is 2.42 bits per heavy atom. The maximum atomic E-state index is 12.6. The third kappa shape index (κ3) is 5.77. The Kier molecular flexibility index (Phi) is 7.08. The van der Waals surface area contributed by atoms with E-state index in [9.17, 15) is 4.79 Å². The summed E-state index contributed by atoms with van der Waals surface area (Å²) in [5.41, 5.74) is 4.44. The standard InChI is InChI=1S/C26H37N5O2/c1-26(2,3)18-28-23-10-9-22(29-24(23)27-4)19-5-7-21(8-6-19)30-12-14-31(15-13-30)25(32)20-11-16-33-17-20/h5-10,20,28H,11-18H2,1-4H3,(H,27,29). The van der Waals surface area contributed by atoms with E-state index in [1.54, 1.807) is 0 Å². The third-order valence-electron chi connectivity index (χ3n) is 6.34. The molecule has 2 N–H and O–H groups in total. The minimum Gasteiger partial charge on any atom is -0.382 e. The van der Waals surface area contributed by atoms with Crippen molar-refractivity contribution < 1.29 is 9.53 Å². The van der Waals surface area contributed by atoms with E-state index in [2.05, 4.69) is 72.7 Å². The van der Waals surface area contributed by atoms with Crippen molar-refractivity contribution >= 4 is 23.1 Å². The molecule has 7 heteroatoms. The number of benzene rings is 1. The van der Waals surface area contributed by atoms with Crippen molar-refractivity contribution in [1.29, 1.82) is 0 Å². The van der Waals surface area contributed by atoms with Crippen molar-refractivity contribution in [3.8, 4) is 11.3 Å². The molecule has 1 unspecified atom stereocenters. The maximum absolute atomic E-state index is 12.6. The Balaban J connectivity index is 1.38. The van der Waals surface area contributed by atoms with Crippen LogP contribution < -0.4 is 15.5 Å². The summed E-state index contributed by atoms with van der Waals surface area (Å²) in [5.74, 6) is 1.17. The van der Waals surface area contributed by atoms with E-state index in [0.29, 0.717) is 13.2 Å². The molecule has 1 amide bonds. The molecule has 2 saturated heterocycles. The lowest BCUT2D eigenvalue weighted by atomic mass is 9.97. The van der Waals surface area contributed by atoms with Gasteiger partial charge in [-0.1, -0.05) is 32.9 Å². The number of amides is 1. The van der Waals surface area contributed by atoms with Crippen molar-refractivity contribution in [2.24, 2.45) is 11.3 Å². The van der Waals surface area contributed by atoms with E-state index in [4.69, 9.17) is 9.72 Å². The normalized spacial score (nSPS) is 19.0. The second kappa shape index (κ2) is 10.00. The second-order valence-electron chi connectivity index (χ2n) is 10.2. The smallest absolute Gasteiger partial charge is 0.228 e. The average molecular weight is 452 g/mol. The number of anilines is 3. The van der Waals surface area contributed by atoms with Crippen LogP contribution in [0.25, 0.3) is 11.3 Å². The zero-order chi connectivity index (χ0) is 23.4. The SMILES string of the molecule is CNc1nc(-c2ccc(N3CCN(C(=O)C4CCOC4)CC3)cc2)ccc1NCC(C)(C)C. The van der Waals surface area contributed by atoms with Gasteiger partial charge in [0.15, 0.2) is 0 Å². The van der Waals surface area contributed by atoms with Gasteiger partial charge in [-0.25, -0.2) is 4.98 Å². The van der Waals surface area contributed by atoms with Crippen LogP contribution in [0.2, 0.25) is 0 Å². The first-order chi connectivity index (χ1) is 15.8. The van der Waals surface area contributed by atoms with Gasteiger partial charge in [0.1, 0.15) is 5.82 Å². The first kappa shape index (κ1) is 23.4. The molecule has 0 bridgehead atoms. The molecule has 2 aromatic rings. The summed E-state index contributed by atoms with van der Waals surface area (Å²) in [6.45, 7) is 12.1. The minimum absolute atomic E-state index is 0.0564. The van der Waals surface area contributed by atoms with Gasteiger partial charge >= 0.3 is 0 Å². The highest BCUT2D eigenvalue weighted by Gasteiger charge is 2.30. The van der Waals surface area contributed by atoms with Crippen molar-refractivity contribution in [2.45, 2.75) is 27.2 Å². The lowest BCUT2D eigenvalue weighted by molar-refractivity contribution is -0.135. The molecular formula is C26H37N5O2. The van der Waals surface area contributed by atoms with E-state index in [-0.39, 0.29) is 17.2 Å². The highest BCUT2D eigenvalue weighted by atomic mass is 16.5. The van der Waals surface area contributed by atoms with E-state index in [1.807, 2.05) is 11.9 Å².